The van der Waals surface area contributed by atoms with Gasteiger partial charge in [0, 0.05) is 17.3 Å². The Balaban J connectivity index is 2.33. The van der Waals surface area contributed by atoms with E-state index in [1.165, 1.54) is 7.11 Å². The van der Waals surface area contributed by atoms with E-state index >= 15 is 0 Å². The van der Waals surface area contributed by atoms with E-state index in [1.54, 1.807) is 24.3 Å². The molecule has 0 saturated heterocycles. The van der Waals surface area contributed by atoms with Crippen molar-refractivity contribution in [1.82, 2.24) is 0 Å². The summed E-state index contributed by atoms with van der Waals surface area (Å²) in [6.07, 6.45) is 3.94. The summed E-state index contributed by atoms with van der Waals surface area (Å²) in [7, 11) is 1.36. The van der Waals surface area contributed by atoms with Gasteiger partial charge in [0.05, 0.1) is 20.3 Å². The zero-order valence-electron chi connectivity index (χ0n) is 18.6. The Morgan fingerprint density at radius 3 is 2.00 bits per heavy atom. The topological polar surface area (TPSA) is 107 Å². The average Bonchev–Trinajstić information content (AvgIpc) is 2.77. The summed E-state index contributed by atoms with van der Waals surface area (Å²) in [4.78, 5) is 12.6. The maximum absolute atomic E-state index is 12.6. The van der Waals surface area contributed by atoms with Gasteiger partial charge in [-0.05, 0) is 54.8 Å². The second-order valence-electron chi connectivity index (χ2n) is 7.23. The highest BCUT2D eigenvalue weighted by molar-refractivity contribution is 5.95. The lowest BCUT2D eigenvalue weighted by molar-refractivity contribution is -0.141. The molecule has 31 heavy (non-hydrogen) atoms. The molecule has 2 aromatic rings. The Bertz CT molecular complexity index is 824. The molecular formula is C24H33N3O4. The minimum atomic E-state index is -0.753. The van der Waals surface area contributed by atoms with Crippen LogP contribution in [0.3, 0.4) is 0 Å². The van der Waals surface area contributed by atoms with Crippen molar-refractivity contribution in [3.8, 4) is 11.5 Å². The number of amidine groups is 1. The molecule has 0 aromatic heterocycles. The molecular weight excluding hydrogens is 394 g/mol. The van der Waals surface area contributed by atoms with E-state index in [2.05, 4.69) is 19.2 Å². The van der Waals surface area contributed by atoms with Crippen molar-refractivity contribution in [3.63, 3.8) is 0 Å². The van der Waals surface area contributed by atoms with Gasteiger partial charge in [0.25, 0.3) is 0 Å². The van der Waals surface area contributed by atoms with Gasteiger partial charge in [-0.2, -0.15) is 0 Å². The molecule has 2 aromatic carbocycles. The number of hydrogen-bond acceptors (Lipinski definition) is 6. The number of benzene rings is 2. The number of unbranched alkanes of at least 4 members (excludes halogenated alkanes) is 2. The van der Waals surface area contributed by atoms with E-state index in [0.717, 1.165) is 25.7 Å². The molecule has 0 aliphatic heterocycles. The minimum Gasteiger partial charge on any atom is -0.493 e. The van der Waals surface area contributed by atoms with Gasteiger partial charge in [-0.15, -0.1) is 0 Å². The monoisotopic (exact) mass is 427 g/mol. The van der Waals surface area contributed by atoms with Gasteiger partial charge < -0.3 is 25.3 Å². The van der Waals surface area contributed by atoms with E-state index < -0.39 is 12.0 Å². The highest BCUT2D eigenvalue weighted by Gasteiger charge is 2.23. The third-order valence-corrected chi connectivity index (χ3v) is 4.71. The first-order chi connectivity index (χ1) is 15.0. The van der Waals surface area contributed by atoms with Crippen molar-refractivity contribution in [2.75, 3.05) is 25.6 Å². The van der Waals surface area contributed by atoms with Crippen LogP contribution < -0.4 is 20.5 Å². The summed E-state index contributed by atoms with van der Waals surface area (Å²) >= 11 is 0. The van der Waals surface area contributed by atoms with Crippen LogP contribution >= 0.6 is 0 Å². The number of hydrogen-bond donors (Lipinski definition) is 3. The van der Waals surface area contributed by atoms with Gasteiger partial charge in [-0.3, -0.25) is 5.41 Å². The molecule has 2 rings (SSSR count). The van der Waals surface area contributed by atoms with Crippen LogP contribution in [0.25, 0.3) is 0 Å². The van der Waals surface area contributed by atoms with Crippen molar-refractivity contribution in [2.45, 2.75) is 45.6 Å². The number of nitrogens with one attached hydrogen (secondary N) is 2. The minimum absolute atomic E-state index is 0.0122. The summed E-state index contributed by atoms with van der Waals surface area (Å²) in [5, 5.41) is 10.7. The number of ether oxygens (including phenoxy) is 3. The first kappa shape index (κ1) is 24.1. The second-order valence-corrected chi connectivity index (χ2v) is 7.23. The van der Waals surface area contributed by atoms with E-state index in [-0.39, 0.29) is 5.84 Å². The van der Waals surface area contributed by atoms with Crippen LogP contribution in [0.1, 0.15) is 56.7 Å². The lowest BCUT2D eigenvalue weighted by Gasteiger charge is -2.20. The number of nitrogen functional groups attached to an aromatic ring is 1. The summed E-state index contributed by atoms with van der Waals surface area (Å²) in [5.41, 5.74) is 7.51. The number of esters is 1. The Morgan fingerprint density at radius 2 is 1.55 bits per heavy atom. The first-order valence-corrected chi connectivity index (χ1v) is 10.7. The fourth-order valence-electron chi connectivity index (χ4n) is 2.90. The number of carbonyl (C=O) groups excluding carboxylic acids is 1. The number of carbonyl (C=O) groups is 1. The summed E-state index contributed by atoms with van der Waals surface area (Å²) in [6.45, 7) is 5.40. The quantitative estimate of drug-likeness (QED) is 0.186. The molecule has 1 unspecified atom stereocenters. The van der Waals surface area contributed by atoms with Gasteiger partial charge in [0.2, 0.25) is 0 Å². The molecule has 0 heterocycles. The molecule has 0 saturated carbocycles. The predicted octanol–water partition coefficient (Wildman–Crippen LogP) is 4.65. The highest BCUT2D eigenvalue weighted by atomic mass is 16.5. The van der Waals surface area contributed by atoms with Crippen LogP contribution in [0.15, 0.2) is 42.5 Å². The normalized spacial score (nSPS) is 11.5. The highest BCUT2D eigenvalue weighted by Crippen LogP contribution is 2.30. The molecule has 168 valence electrons. The molecule has 0 aliphatic rings. The number of nitrogens with two attached hydrogens (primary N) is 1. The first-order valence-electron chi connectivity index (χ1n) is 10.7. The van der Waals surface area contributed by atoms with E-state index in [4.69, 9.17) is 25.4 Å². The van der Waals surface area contributed by atoms with Crippen LogP contribution in [0.4, 0.5) is 5.69 Å². The molecule has 0 fully saturated rings. The van der Waals surface area contributed by atoms with Crippen molar-refractivity contribution in [2.24, 2.45) is 5.73 Å². The van der Waals surface area contributed by atoms with Crippen molar-refractivity contribution in [1.29, 1.82) is 5.41 Å². The Kier molecular flexibility index (Phi) is 9.68. The van der Waals surface area contributed by atoms with Crippen LogP contribution in [0.2, 0.25) is 0 Å². The zero-order valence-corrected chi connectivity index (χ0v) is 18.6. The van der Waals surface area contributed by atoms with Crippen LogP contribution in [0, 0.1) is 5.41 Å². The van der Waals surface area contributed by atoms with Crippen molar-refractivity contribution < 1.29 is 19.0 Å². The molecule has 4 N–H and O–H groups in total. The number of anilines is 1. The van der Waals surface area contributed by atoms with Crippen molar-refractivity contribution >= 4 is 17.5 Å². The third-order valence-electron chi connectivity index (χ3n) is 4.71. The number of methoxy groups -OCH3 is 1. The Hall–Kier alpha value is -3.22. The predicted molar refractivity (Wildman–Crippen MR) is 123 cm³/mol. The fourth-order valence-corrected chi connectivity index (χ4v) is 2.90. The van der Waals surface area contributed by atoms with Crippen LogP contribution in [-0.4, -0.2) is 32.1 Å². The van der Waals surface area contributed by atoms with Gasteiger partial charge >= 0.3 is 5.97 Å². The summed E-state index contributed by atoms with van der Waals surface area (Å²) < 4.78 is 16.8. The van der Waals surface area contributed by atoms with Gasteiger partial charge in [-0.1, -0.05) is 26.7 Å². The lowest BCUT2D eigenvalue weighted by Crippen LogP contribution is -2.22. The van der Waals surface area contributed by atoms with E-state index in [0.29, 0.717) is 41.5 Å². The zero-order chi connectivity index (χ0) is 22.6. The third kappa shape index (κ3) is 7.51. The molecule has 0 amide bonds. The molecule has 7 heteroatoms. The largest absolute Gasteiger partial charge is 0.493 e. The van der Waals surface area contributed by atoms with Crippen molar-refractivity contribution in [3.05, 3.63) is 53.6 Å². The lowest BCUT2D eigenvalue weighted by atomic mass is 10.0. The molecule has 0 radical (unpaired) electrons. The average molecular weight is 428 g/mol. The summed E-state index contributed by atoms with van der Waals surface area (Å²) in [6, 6.07) is 11.8. The molecule has 0 aliphatic carbocycles. The standard InChI is InChI=1S/C24H33N3O4/c1-4-6-12-30-20-14-18(15-21(16-20)31-13-7-5-2)22(24(28)29-3)27-19-10-8-17(9-11-19)23(25)26/h8-11,14-16,22,27H,4-7,12-13H2,1-3H3,(H3,25,26). The molecule has 1 atom stereocenters. The van der Waals surface area contributed by atoms with E-state index in [9.17, 15) is 4.79 Å². The van der Waals surface area contributed by atoms with Gasteiger partial charge in [0.1, 0.15) is 17.3 Å². The molecule has 7 nitrogen and oxygen atoms in total. The van der Waals surface area contributed by atoms with Crippen LogP contribution in [0.5, 0.6) is 11.5 Å². The van der Waals surface area contributed by atoms with Gasteiger partial charge in [0.15, 0.2) is 6.04 Å². The van der Waals surface area contributed by atoms with Gasteiger partial charge in [-0.25, -0.2) is 4.79 Å². The fraction of sp³-hybridized carbons (Fsp3) is 0.417. The molecule has 0 bridgehead atoms. The maximum Gasteiger partial charge on any atom is 0.332 e. The number of rotatable bonds is 13. The molecule has 0 spiro atoms. The maximum atomic E-state index is 12.6. The smallest absolute Gasteiger partial charge is 0.332 e. The Labute approximate surface area is 184 Å². The summed E-state index contributed by atoms with van der Waals surface area (Å²) in [5.74, 6) is 0.864. The Morgan fingerprint density at radius 1 is 1.00 bits per heavy atom. The van der Waals surface area contributed by atoms with Crippen LogP contribution in [-0.2, 0) is 9.53 Å². The van der Waals surface area contributed by atoms with E-state index in [1.807, 2.05) is 18.2 Å². The second kappa shape index (κ2) is 12.5. The SMILES string of the molecule is CCCCOc1cc(OCCCC)cc(C(Nc2ccc(C(=N)N)cc2)C(=O)OC)c1.